The Labute approximate surface area is 531 Å². The van der Waals surface area contributed by atoms with Gasteiger partial charge < -0.3 is 55.6 Å². The fraction of sp³-hybridized carbons (Fsp3) is 0.453. The number of aromatic hydroxyl groups is 2. The number of dihydropyridines is 1. The molecule has 4 aliphatic carbocycles. The number of ether oxygens (including phenoxy) is 5. The van der Waals surface area contributed by atoms with Crippen LogP contribution in [0.5, 0.6) is 28.7 Å². The molecule has 0 aromatic heterocycles. The van der Waals surface area contributed by atoms with Crippen LogP contribution in [0.3, 0.4) is 0 Å². The van der Waals surface area contributed by atoms with E-state index in [1.54, 1.807) is 20.3 Å². The minimum Gasteiger partial charge on any atom is -0.508 e. The maximum absolute atomic E-state index is 13.8. The molecule has 14 unspecified atom stereocenters. The molecule has 89 heavy (non-hydrogen) atoms. The molecule has 3 fully saturated rings. The average Bonchev–Trinajstić information content (AvgIpc) is 1.63. The van der Waals surface area contributed by atoms with Crippen LogP contribution in [-0.2, 0) is 51.9 Å². The Morgan fingerprint density at radius 2 is 1.78 bits per heavy atom. The van der Waals surface area contributed by atoms with Gasteiger partial charge in [-0.25, -0.2) is 0 Å². The number of carbonyl (C=O) groups is 1. The summed E-state index contributed by atoms with van der Waals surface area (Å²) < 4.78 is 34.6. The van der Waals surface area contributed by atoms with Crippen molar-refractivity contribution in [2.45, 2.75) is 143 Å². The molecular weight excluding hydrogens is 1150 g/mol. The second-order valence-electron chi connectivity index (χ2n) is 26.8. The largest absolute Gasteiger partial charge is 0.508 e. The average molecular weight is 1230 g/mol. The van der Waals surface area contributed by atoms with E-state index < -0.39 is 35.6 Å². The number of phenolic OH excluding ortho intramolecular Hbond substituents is 2. The number of hydrogen-bond acceptors (Lipinski definition) is 14. The maximum Gasteiger partial charge on any atom is 0.302 e. The first kappa shape index (κ1) is 58.6. The van der Waals surface area contributed by atoms with Crippen LogP contribution < -0.4 is 35.9 Å². The number of hydrogen-bond donors (Lipinski definition) is 6. The van der Waals surface area contributed by atoms with Crippen molar-refractivity contribution in [3.8, 4) is 63.6 Å². The maximum atomic E-state index is 13.8. The standard InChI is InChI=1S/C75H80N4O8S2/c1-42(80)85-40-60-55-18-19-56-66-51(34-53(81)35-63(66)84-3)37-75-27-25-49(36-75)58-32-45-12-7-11-44(29-45)30-48-16-15-47(17-22-61-54(58)21-24-65(76)79-61)67-59(38-77-28-26-50(48)39-83-2)70(82)73-57(68(67)71(60)86-72(55)69(56)75)20-23-62-74(87-73)64(33-43-9-5-4-6-10-43)89-88-41-46-13-8-14-52(31-46)78-62/h4-7,9-12,18-21,23-24,29,34-35,46-50,52,58,60,62,64-65,71,74,77-79,81-82H,8,13-14,25-28,30-33,36-41,76H2,1-3H3. The molecule has 5 aromatic rings. The van der Waals surface area contributed by atoms with Gasteiger partial charge in [-0.15, -0.1) is 0 Å². The summed E-state index contributed by atoms with van der Waals surface area (Å²) in [7, 11) is 7.35. The third-order valence-electron chi connectivity index (χ3n) is 21.3. The van der Waals surface area contributed by atoms with Gasteiger partial charge in [0.05, 0.1) is 42.8 Å². The summed E-state index contributed by atoms with van der Waals surface area (Å²) in [6.07, 6.45) is 18.0. The van der Waals surface area contributed by atoms with Gasteiger partial charge in [0.15, 0.2) is 11.5 Å². The molecule has 1 spiro atoms. The molecule has 5 aromatic carbocycles. The summed E-state index contributed by atoms with van der Waals surface area (Å²) in [5, 5.41) is 37.1. The third kappa shape index (κ3) is 11.0. The summed E-state index contributed by atoms with van der Waals surface area (Å²) in [5.41, 5.74) is 20.0. The van der Waals surface area contributed by atoms with Crippen LogP contribution in [-0.4, -0.2) is 85.5 Å². The van der Waals surface area contributed by atoms with Gasteiger partial charge in [0, 0.05) is 83.2 Å². The lowest BCUT2D eigenvalue weighted by Gasteiger charge is -2.40. The van der Waals surface area contributed by atoms with E-state index in [1.807, 2.05) is 27.7 Å². The number of fused-ring (bicyclic) bond motifs is 14. The predicted molar refractivity (Wildman–Crippen MR) is 352 cm³/mol. The zero-order chi connectivity index (χ0) is 60.5. The Bertz CT molecular complexity index is 3840. The molecule has 0 amide bonds. The van der Waals surface area contributed by atoms with Crippen molar-refractivity contribution in [1.29, 1.82) is 0 Å². The van der Waals surface area contributed by atoms with Gasteiger partial charge in [-0.3, -0.25) is 4.79 Å². The van der Waals surface area contributed by atoms with Gasteiger partial charge in [0.25, 0.3) is 0 Å². The number of methoxy groups -OCH3 is 2. The molecule has 1 saturated heterocycles. The van der Waals surface area contributed by atoms with Crippen LogP contribution in [0, 0.1) is 53.3 Å². The number of nitrogens with one attached hydrogen (secondary N) is 3. The fourth-order valence-electron chi connectivity index (χ4n) is 17.3. The van der Waals surface area contributed by atoms with Crippen molar-refractivity contribution < 1.29 is 38.7 Å². The minimum absolute atomic E-state index is 0.0164. The molecule has 14 heteroatoms. The first-order valence-corrected chi connectivity index (χ1v) is 34.8. The highest BCUT2D eigenvalue weighted by atomic mass is 33.1. The topological polar surface area (TPSA) is 166 Å². The molecule has 2 saturated carbocycles. The molecule has 7 N–H and O–H groups in total. The van der Waals surface area contributed by atoms with Crippen LogP contribution >= 0.6 is 21.6 Å². The summed E-state index contributed by atoms with van der Waals surface area (Å²) in [5.74, 6) is 17.7. The summed E-state index contributed by atoms with van der Waals surface area (Å²) in [6.45, 7) is 2.92. The van der Waals surface area contributed by atoms with Crippen LogP contribution in [0.1, 0.15) is 132 Å². The van der Waals surface area contributed by atoms with Crippen molar-refractivity contribution >= 4 is 33.6 Å². The summed E-state index contributed by atoms with van der Waals surface area (Å²) in [4.78, 5) is 13.4. The zero-order valence-electron chi connectivity index (χ0n) is 51.1. The lowest BCUT2D eigenvalue weighted by molar-refractivity contribution is -0.141. The van der Waals surface area contributed by atoms with Gasteiger partial charge >= 0.3 is 5.97 Å². The monoisotopic (exact) mass is 1230 g/mol. The van der Waals surface area contributed by atoms with E-state index in [9.17, 15) is 15.0 Å². The first-order valence-electron chi connectivity index (χ1n) is 32.5. The second-order valence-corrected chi connectivity index (χ2v) is 29.5. The summed E-state index contributed by atoms with van der Waals surface area (Å²) >= 11 is 0. The minimum atomic E-state index is -0.799. The Hall–Kier alpha value is -6.75. The lowest BCUT2D eigenvalue weighted by Crippen LogP contribution is -2.52. The lowest BCUT2D eigenvalue weighted by atomic mass is 9.64. The molecule has 6 aliphatic heterocycles. The number of nitrogens with two attached hydrogens (primary N) is 1. The Balaban J connectivity index is 1.04. The van der Waals surface area contributed by atoms with E-state index in [0.29, 0.717) is 60.6 Å². The van der Waals surface area contributed by atoms with Crippen molar-refractivity contribution in [2.24, 2.45) is 35.3 Å². The Morgan fingerprint density at radius 1 is 0.899 bits per heavy atom. The van der Waals surface area contributed by atoms with Crippen LogP contribution in [0.2, 0.25) is 0 Å². The van der Waals surface area contributed by atoms with Crippen molar-refractivity contribution in [2.75, 3.05) is 39.7 Å². The Morgan fingerprint density at radius 3 is 2.63 bits per heavy atom. The predicted octanol–water partition coefficient (Wildman–Crippen LogP) is 12.0. The van der Waals surface area contributed by atoms with Crippen LogP contribution in [0.25, 0.3) is 17.2 Å². The zero-order valence-corrected chi connectivity index (χ0v) is 52.7. The van der Waals surface area contributed by atoms with E-state index in [1.165, 1.54) is 36.5 Å². The SMILES string of the molecule is COCC1CCNCc2c(O)c3c(c4c2C2C#CC5=C(C=CC(N)N5)C(Cc5cccc(c5)CC1C#C2)C1CCC2(Cc5cc(O)cc(OC)c5-c5ccc6c(c52)OC4C6COC(C)=O)C1)C=CC1NC2CCCC(CSSC(Cc4ccccc4)C1O3)C2. The number of esters is 1. The van der Waals surface area contributed by atoms with Gasteiger partial charge in [0.2, 0.25) is 0 Å². The molecule has 10 aliphatic rings. The van der Waals surface area contributed by atoms with Crippen LogP contribution in [0.15, 0.2) is 108 Å². The highest BCUT2D eigenvalue weighted by Gasteiger charge is 2.53. The molecule has 14 atom stereocenters. The van der Waals surface area contributed by atoms with Gasteiger partial charge in [0.1, 0.15) is 42.0 Å². The van der Waals surface area contributed by atoms with Gasteiger partial charge in [-0.1, -0.05) is 131 Å². The molecule has 15 rings (SSSR count). The van der Waals surface area contributed by atoms with E-state index in [0.717, 1.165) is 113 Å². The third-order valence-corrected chi connectivity index (χ3v) is 24.3. The number of phenols is 2. The molecule has 11 bridgehead atoms. The highest BCUT2D eigenvalue weighted by Crippen LogP contribution is 2.64. The quantitative estimate of drug-likeness (QED) is 0.0518. The Kier molecular flexibility index (Phi) is 16.1. The highest BCUT2D eigenvalue weighted by molar-refractivity contribution is 8.77. The molecular formula is C75H80N4O8S2. The van der Waals surface area contributed by atoms with Gasteiger partial charge in [-0.2, -0.15) is 0 Å². The van der Waals surface area contributed by atoms with Gasteiger partial charge in [-0.05, 0) is 158 Å². The van der Waals surface area contributed by atoms with E-state index >= 15 is 0 Å². The molecule has 12 nitrogen and oxygen atoms in total. The molecule has 460 valence electrons. The fourth-order valence-corrected chi connectivity index (χ4v) is 20.5. The van der Waals surface area contributed by atoms with Crippen LogP contribution in [0.4, 0.5) is 0 Å². The number of benzene rings is 5. The first-order chi connectivity index (χ1) is 43.5. The van der Waals surface area contributed by atoms with E-state index in [4.69, 9.17) is 29.4 Å². The van der Waals surface area contributed by atoms with Crippen molar-refractivity contribution in [1.82, 2.24) is 16.0 Å². The van der Waals surface area contributed by atoms with Crippen molar-refractivity contribution in [3.63, 3.8) is 0 Å². The van der Waals surface area contributed by atoms with E-state index in [2.05, 4.69) is 131 Å². The number of allylic oxidation sites excluding steroid dienone is 3. The second kappa shape index (κ2) is 24.5. The van der Waals surface area contributed by atoms with E-state index in [-0.39, 0.29) is 65.6 Å². The smallest absolute Gasteiger partial charge is 0.302 e. The molecule has 0 radical (unpaired) electrons. The number of rotatable bonds is 7. The molecule has 6 heterocycles. The number of carbonyl (C=O) groups excluding carboxylic acids is 1. The summed E-state index contributed by atoms with van der Waals surface area (Å²) in [6, 6.07) is 28.0. The van der Waals surface area contributed by atoms with Crippen molar-refractivity contribution in [3.05, 3.63) is 164 Å². The normalized spacial score (nSPS) is 30.9.